The van der Waals surface area contributed by atoms with Gasteiger partial charge in [0, 0.05) is 12.3 Å². The molecule has 0 aliphatic carbocycles. The highest BCUT2D eigenvalue weighted by Crippen LogP contribution is 2.24. The van der Waals surface area contributed by atoms with Crippen molar-refractivity contribution in [1.29, 1.82) is 0 Å². The minimum absolute atomic E-state index is 0.174. The Balaban J connectivity index is 2.73. The topological polar surface area (TPSA) is 77.9 Å². The van der Waals surface area contributed by atoms with E-state index in [9.17, 15) is 9.90 Å². The van der Waals surface area contributed by atoms with E-state index < -0.39 is 16.6 Å². The van der Waals surface area contributed by atoms with Crippen LogP contribution in [0.4, 0.5) is 0 Å². The molecule has 0 bridgehead atoms. The van der Waals surface area contributed by atoms with Gasteiger partial charge in [-0.3, -0.25) is 4.79 Å². The summed E-state index contributed by atoms with van der Waals surface area (Å²) >= 11 is 0. The highest BCUT2D eigenvalue weighted by Gasteiger charge is 2.35. The standard InChI is InChI=1S/C18H30BNO5/c1-12-9-14(24-11-16(2,3)15(21)23-8)20-10-13(12)19-25-18(6,7)17(4,5)22/h9-10,19,22H,11H2,1-8H3. The molecule has 25 heavy (non-hydrogen) atoms. The molecule has 1 rings (SSSR count). The Bertz CT molecular complexity index is 608. The van der Waals surface area contributed by atoms with Crippen LogP contribution in [0.1, 0.15) is 47.1 Å². The predicted octanol–water partition coefficient (Wildman–Crippen LogP) is 1.51. The number of hydrogen-bond acceptors (Lipinski definition) is 6. The maximum Gasteiger partial charge on any atom is 0.314 e. The molecule has 0 aromatic carbocycles. The average molecular weight is 351 g/mol. The van der Waals surface area contributed by atoms with Gasteiger partial charge in [0.2, 0.25) is 5.88 Å². The van der Waals surface area contributed by atoms with Crippen molar-refractivity contribution in [2.45, 2.75) is 59.7 Å². The Morgan fingerprint density at radius 3 is 2.32 bits per heavy atom. The van der Waals surface area contributed by atoms with Crippen molar-refractivity contribution in [2.24, 2.45) is 5.41 Å². The molecule has 7 heteroatoms. The van der Waals surface area contributed by atoms with Crippen LogP contribution in [0.2, 0.25) is 0 Å². The van der Waals surface area contributed by atoms with Gasteiger partial charge in [0.25, 0.3) is 0 Å². The molecule has 0 saturated heterocycles. The van der Waals surface area contributed by atoms with Gasteiger partial charge in [-0.1, -0.05) is 0 Å². The zero-order valence-electron chi connectivity index (χ0n) is 16.6. The van der Waals surface area contributed by atoms with Gasteiger partial charge in [-0.25, -0.2) is 4.98 Å². The van der Waals surface area contributed by atoms with E-state index in [2.05, 4.69) is 4.98 Å². The second-order valence-corrected chi connectivity index (χ2v) is 7.97. The van der Waals surface area contributed by atoms with Crippen molar-refractivity contribution in [3.63, 3.8) is 0 Å². The Morgan fingerprint density at radius 2 is 1.84 bits per heavy atom. The van der Waals surface area contributed by atoms with Crippen molar-refractivity contribution in [3.8, 4) is 5.88 Å². The highest BCUT2D eigenvalue weighted by atomic mass is 16.5. The fourth-order valence-corrected chi connectivity index (χ4v) is 1.81. The van der Waals surface area contributed by atoms with E-state index in [1.165, 1.54) is 7.11 Å². The summed E-state index contributed by atoms with van der Waals surface area (Å²) in [5, 5.41) is 10.1. The molecule has 0 aliphatic rings. The number of esters is 1. The number of nitrogens with zero attached hydrogens (tertiary/aromatic N) is 1. The second-order valence-electron chi connectivity index (χ2n) is 7.97. The fraction of sp³-hybridized carbons (Fsp3) is 0.667. The molecule has 0 amide bonds. The lowest BCUT2D eigenvalue weighted by Crippen LogP contribution is -2.49. The van der Waals surface area contributed by atoms with Crippen LogP contribution in [-0.4, -0.2) is 48.5 Å². The number of aliphatic hydroxyl groups is 1. The number of pyridine rings is 1. The van der Waals surface area contributed by atoms with Crippen molar-refractivity contribution in [3.05, 3.63) is 17.8 Å². The molecular formula is C18H30BNO5. The number of rotatable bonds is 8. The molecule has 140 valence electrons. The molecule has 0 spiro atoms. The van der Waals surface area contributed by atoms with E-state index in [0.29, 0.717) is 13.4 Å². The van der Waals surface area contributed by atoms with Crippen LogP contribution in [0, 0.1) is 12.3 Å². The van der Waals surface area contributed by atoms with Crippen LogP contribution >= 0.6 is 0 Å². The van der Waals surface area contributed by atoms with Crippen molar-refractivity contribution >= 4 is 18.9 Å². The van der Waals surface area contributed by atoms with E-state index in [4.69, 9.17) is 14.1 Å². The fourth-order valence-electron chi connectivity index (χ4n) is 1.81. The van der Waals surface area contributed by atoms with E-state index in [0.717, 1.165) is 11.0 Å². The van der Waals surface area contributed by atoms with Crippen molar-refractivity contribution < 1.29 is 24.0 Å². The lowest BCUT2D eigenvalue weighted by atomic mass is 9.81. The van der Waals surface area contributed by atoms with Gasteiger partial charge in [0.05, 0.1) is 23.7 Å². The lowest BCUT2D eigenvalue weighted by molar-refractivity contribution is -0.152. The summed E-state index contributed by atoms with van der Waals surface area (Å²) in [4.78, 5) is 16.0. The normalized spacial score (nSPS) is 12.7. The summed E-state index contributed by atoms with van der Waals surface area (Å²) in [6.07, 6.45) is 1.69. The Hall–Kier alpha value is -1.60. The maximum absolute atomic E-state index is 11.7. The Labute approximate surface area is 151 Å². The molecule has 1 aromatic heterocycles. The summed E-state index contributed by atoms with van der Waals surface area (Å²) in [5.74, 6) is 0.114. The minimum Gasteiger partial charge on any atom is -0.476 e. The zero-order chi connectivity index (χ0) is 19.5. The quantitative estimate of drug-likeness (QED) is 0.565. The number of carbonyl (C=O) groups is 1. The molecule has 0 saturated carbocycles. The lowest BCUT2D eigenvalue weighted by Gasteiger charge is -2.37. The molecular weight excluding hydrogens is 321 g/mol. The first-order chi connectivity index (χ1) is 11.3. The molecule has 1 heterocycles. The molecule has 1 N–H and O–H groups in total. The monoisotopic (exact) mass is 351 g/mol. The molecule has 0 unspecified atom stereocenters. The van der Waals surface area contributed by atoms with Crippen LogP contribution in [0.15, 0.2) is 12.3 Å². The minimum atomic E-state index is -0.961. The highest BCUT2D eigenvalue weighted by molar-refractivity contribution is 6.47. The van der Waals surface area contributed by atoms with Gasteiger partial charge in [-0.05, 0) is 59.5 Å². The van der Waals surface area contributed by atoms with Crippen LogP contribution in [0.25, 0.3) is 0 Å². The van der Waals surface area contributed by atoms with E-state index in [-0.39, 0.29) is 12.6 Å². The van der Waals surface area contributed by atoms with E-state index >= 15 is 0 Å². The summed E-state index contributed by atoms with van der Waals surface area (Å²) < 4.78 is 16.3. The van der Waals surface area contributed by atoms with Crippen molar-refractivity contribution in [1.82, 2.24) is 4.98 Å². The first-order valence-electron chi connectivity index (χ1n) is 8.33. The van der Waals surface area contributed by atoms with Gasteiger partial charge in [0.1, 0.15) is 6.61 Å². The van der Waals surface area contributed by atoms with Crippen LogP contribution in [0.5, 0.6) is 5.88 Å². The first kappa shape index (κ1) is 21.4. The largest absolute Gasteiger partial charge is 0.476 e. The zero-order valence-corrected chi connectivity index (χ0v) is 16.6. The maximum atomic E-state index is 11.7. The third-order valence-electron chi connectivity index (χ3n) is 4.57. The van der Waals surface area contributed by atoms with Gasteiger partial charge in [-0.15, -0.1) is 0 Å². The predicted molar refractivity (Wildman–Crippen MR) is 98.5 cm³/mol. The Kier molecular flexibility index (Phi) is 6.64. The molecule has 6 nitrogen and oxygen atoms in total. The summed E-state index contributed by atoms with van der Waals surface area (Å²) in [6, 6.07) is 1.81. The number of aryl methyl sites for hydroxylation is 1. The van der Waals surface area contributed by atoms with Gasteiger partial charge < -0.3 is 19.2 Å². The number of methoxy groups -OCH3 is 1. The van der Waals surface area contributed by atoms with Crippen LogP contribution in [-0.2, 0) is 14.2 Å². The van der Waals surface area contributed by atoms with Crippen molar-refractivity contribution in [2.75, 3.05) is 13.7 Å². The van der Waals surface area contributed by atoms with Gasteiger partial charge >= 0.3 is 13.5 Å². The number of hydrogen-bond donors (Lipinski definition) is 1. The molecule has 0 aliphatic heterocycles. The Morgan fingerprint density at radius 1 is 1.24 bits per heavy atom. The third kappa shape index (κ3) is 5.71. The van der Waals surface area contributed by atoms with Gasteiger partial charge in [0.15, 0.2) is 0 Å². The van der Waals surface area contributed by atoms with Crippen LogP contribution in [0.3, 0.4) is 0 Å². The SMILES string of the molecule is COC(=O)C(C)(C)COc1cc(C)c(BOC(C)(C)C(C)(C)O)cn1. The molecule has 0 atom stereocenters. The molecule has 0 radical (unpaired) electrons. The average Bonchev–Trinajstić information content (AvgIpc) is 2.50. The summed E-state index contributed by atoms with van der Waals surface area (Å²) in [7, 11) is 1.69. The first-order valence-corrected chi connectivity index (χ1v) is 8.33. The van der Waals surface area contributed by atoms with E-state index in [1.54, 1.807) is 33.9 Å². The number of ether oxygens (including phenoxy) is 2. The molecule has 1 aromatic rings. The summed E-state index contributed by atoms with van der Waals surface area (Å²) in [5.41, 5.74) is -0.525. The van der Waals surface area contributed by atoms with Gasteiger partial charge in [-0.2, -0.15) is 0 Å². The van der Waals surface area contributed by atoms with Crippen LogP contribution < -0.4 is 10.2 Å². The molecule has 0 fully saturated rings. The summed E-state index contributed by atoms with van der Waals surface area (Å²) in [6.45, 7) is 12.8. The number of carbonyl (C=O) groups excluding carboxylic acids is 1. The third-order valence-corrected chi connectivity index (χ3v) is 4.57. The number of aromatic nitrogens is 1. The smallest absolute Gasteiger partial charge is 0.314 e. The second kappa shape index (κ2) is 7.75. The van der Waals surface area contributed by atoms with E-state index in [1.807, 2.05) is 26.8 Å².